The monoisotopic (exact) mass is 224 g/mol. The van der Waals surface area contributed by atoms with Gasteiger partial charge in [0.15, 0.2) is 0 Å². The normalized spacial score (nSPS) is 15.3. The molecule has 0 spiro atoms. The molecule has 1 aromatic rings. The van der Waals surface area contributed by atoms with Crippen LogP contribution in [0.4, 0.5) is 0 Å². The van der Waals surface area contributed by atoms with Gasteiger partial charge >= 0.3 is 0 Å². The molecule has 0 aromatic heterocycles. The summed E-state index contributed by atoms with van der Waals surface area (Å²) in [6.07, 6.45) is 1.03. The van der Waals surface area contributed by atoms with Crippen molar-refractivity contribution < 1.29 is 8.42 Å². The van der Waals surface area contributed by atoms with Crippen LogP contribution in [0.15, 0.2) is 30.3 Å². The van der Waals surface area contributed by atoms with Gasteiger partial charge in [0.2, 0.25) is 10.0 Å². The van der Waals surface area contributed by atoms with Gasteiger partial charge in [-0.1, -0.05) is 30.3 Å². The van der Waals surface area contributed by atoms with Gasteiger partial charge in [0.25, 0.3) is 0 Å². The Kier molecular flexibility index (Phi) is 3.12. The Morgan fingerprint density at radius 1 is 1.33 bits per heavy atom. The largest absolute Gasteiger partial charge is 0.213 e. The average Bonchev–Trinajstić information content (AvgIpc) is 2.16. The highest BCUT2D eigenvalue weighted by Gasteiger charge is 2.29. The highest BCUT2D eigenvalue weighted by atomic mass is 32.2. The van der Waals surface area contributed by atoms with Crippen molar-refractivity contribution in [1.29, 1.82) is 5.26 Å². The smallest absolute Gasteiger partial charge is 0.210 e. The summed E-state index contributed by atoms with van der Waals surface area (Å²) in [5, 5.41) is 9.03. The van der Waals surface area contributed by atoms with E-state index >= 15 is 0 Å². The van der Waals surface area contributed by atoms with Crippen LogP contribution < -0.4 is 4.72 Å². The lowest BCUT2D eigenvalue weighted by atomic mass is 9.95. The fraction of sp³-hybridized carbons (Fsp3) is 0.300. The van der Waals surface area contributed by atoms with Crippen molar-refractivity contribution in [3.8, 4) is 6.07 Å². The number of hydrogen-bond acceptors (Lipinski definition) is 3. The third-order valence-corrected chi connectivity index (χ3v) is 2.74. The molecule has 1 aromatic carbocycles. The Morgan fingerprint density at radius 3 is 2.27 bits per heavy atom. The molecule has 0 radical (unpaired) electrons. The van der Waals surface area contributed by atoms with Crippen LogP contribution in [0.2, 0.25) is 0 Å². The van der Waals surface area contributed by atoms with Gasteiger partial charge in [0, 0.05) is 0 Å². The van der Waals surface area contributed by atoms with Gasteiger partial charge in [0.1, 0.15) is 5.54 Å². The van der Waals surface area contributed by atoms with E-state index in [1.165, 1.54) is 6.92 Å². The van der Waals surface area contributed by atoms with Crippen molar-refractivity contribution in [2.45, 2.75) is 12.5 Å². The van der Waals surface area contributed by atoms with Crippen molar-refractivity contribution in [3.05, 3.63) is 35.9 Å². The number of nitrogens with one attached hydrogen (secondary N) is 1. The molecule has 1 N–H and O–H groups in total. The Morgan fingerprint density at radius 2 is 1.87 bits per heavy atom. The van der Waals surface area contributed by atoms with E-state index in [1.807, 2.05) is 12.1 Å². The Hall–Kier alpha value is -1.38. The van der Waals surface area contributed by atoms with E-state index in [2.05, 4.69) is 4.72 Å². The molecule has 1 rings (SSSR count). The zero-order valence-electron chi connectivity index (χ0n) is 8.56. The quantitative estimate of drug-likeness (QED) is 0.831. The van der Waals surface area contributed by atoms with Gasteiger partial charge in [-0.3, -0.25) is 0 Å². The predicted octanol–water partition coefficient (Wildman–Crippen LogP) is 0.975. The predicted molar refractivity (Wildman–Crippen MR) is 57.4 cm³/mol. The second-order valence-electron chi connectivity index (χ2n) is 3.48. The molecule has 5 heteroatoms. The minimum absolute atomic E-state index is 0.623. The van der Waals surface area contributed by atoms with Crippen LogP contribution in [0, 0.1) is 11.3 Å². The zero-order valence-corrected chi connectivity index (χ0v) is 9.38. The molecule has 0 aliphatic heterocycles. The number of sulfonamides is 1. The van der Waals surface area contributed by atoms with Crippen LogP contribution in [0.25, 0.3) is 0 Å². The molecule has 15 heavy (non-hydrogen) atoms. The van der Waals surface area contributed by atoms with Gasteiger partial charge < -0.3 is 0 Å². The van der Waals surface area contributed by atoms with Crippen molar-refractivity contribution in [1.82, 2.24) is 4.72 Å². The first kappa shape index (κ1) is 11.7. The Labute approximate surface area is 89.6 Å². The molecule has 1 atom stereocenters. The summed E-state index contributed by atoms with van der Waals surface area (Å²) in [6.45, 7) is 1.53. The van der Waals surface area contributed by atoms with E-state index in [0.717, 1.165) is 6.26 Å². The second kappa shape index (κ2) is 4.01. The van der Waals surface area contributed by atoms with E-state index in [-0.39, 0.29) is 0 Å². The zero-order chi connectivity index (χ0) is 11.5. The number of benzene rings is 1. The van der Waals surface area contributed by atoms with E-state index in [1.54, 1.807) is 24.3 Å². The van der Waals surface area contributed by atoms with Crippen LogP contribution in [-0.4, -0.2) is 14.7 Å². The van der Waals surface area contributed by atoms with Gasteiger partial charge in [-0.25, -0.2) is 8.42 Å². The first-order valence-corrected chi connectivity index (χ1v) is 6.22. The minimum atomic E-state index is -3.41. The Balaban J connectivity index is 3.14. The van der Waals surface area contributed by atoms with Crippen molar-refractivity contribution >= 4 is 10.0 Å². The van der Waals surface area contributed by atoms with Crippen molar-refractivity contribution in [3.63, 3.8) is 0 Å². The Bertz CT molecular complexity index is 476. The van der Waals surface area contributed by atoms with E-state index in [0.29, 0.717) is 5.56 Å². The molecule has 80 valence electrons. The summed E-state index contributed by atoms with van der Waals surface area (Å²) in [4.78, 5) is 0. The number of rotatable bonds is 3. The summed E-state index contributed by atoms with van der Waals surface area (Å²) in [5.41, 5.74) is -0.590. The van der Waals surface area contributed by atoms with Crippen LogP contribution in [-0.2, 0) is 15.6 Å². The molecule has 0 aliphatic rings. The van der Waals surface area contributed by atoms with E-state index < -0.39 is 15.6 Å². The average molecular weight is 224 g/mol. The molecular formula is C10H12N2O2S. The second-order valence-corrected chi connectivity index (χ2v) is 5.23. The third kappa shape index (κ3) is 3.05. The molecule has 0 aliphatic carbocycles. The van der Waals surface area contributed by atoms with Gasteiger partial charge in [-0.15, -0.1) is 0 Å². The molecule has 4 nitrogen and oxygen atoms in total. The molecule has 0 amide bonds. The summed E-state index contributed by atoms with van der Waals surface area (Å²) in [5.74, 6) is 0. The lowest BCUT2D eigenvalue weighted by molar-refractivity contribution is 0.528. The van der Waals surface area contributed by atoms with Crippen LogP contribution in [0.5, 0.6) is 0 Å². The first-order chi connectivity index (χ1) is 6.87. The van der Waals surface area contributed by atoms with Gasteiger partial charge in [-0.2, -0.15) is 9.98 Å². The van der Waals surface area contributed by atoms with E-state index in [4.69, 9.17) is 5.26 Å². The van der Waals surface area contributed by atoms with Crippen LogP contribution in [0.3, 0.4) is 0 Å². The molecule has 1 unspecified atom stereocenters. The highest BCUT2D eigenvalue weighted by Crippen LogP contribution is 2.19. The summed E-state index contributed by atoms with van der Waals surface area (Å²) in [7, 11) is -3.41. The lowest BCUT2D eigenvalue weighted by Gasteiger charge is -2.22. The van der Waals surface area contributed by atoms with Gasteiger partial charge in [-0.05, 0) is 12.5 Å². The topological polar surface area (TPSA) is 70.0 Å². The minimum Gasteiger partial charge on any atom is -0.213 e. The van der Waals surface area contributed by atoms with Crippen LogP contribution >= 0.6 is 0 Å². The third-order valence-electron chi connectivity index (χ3n) is 1.96. The van der Waals surface area contributed by atoms with E-state index in [9.17, 15) is 8.42 Å². The SMILES string of the molecule is CC(C#N)(NS(C)(=O)=O)c1ccccc1. The highest BCUT2D eigenvalue weighted by molar-refractivity contribution is 7.88. The molecule has 0 saturated carbocycles. The van der Waals surface area contributed by atoms with Crippen LogP contribution in [0.1, 0.15) is 12.5 Å². The molecule has 0 fully saturated rings. The first-order valence-electron chi connectivity index (χ1n) is 4.33. The molecule has 0 saturated heterocycles. The number of nitriles is 1. The fourth-order valence-corrected chi connectivity index (χ4v) is 2.19. The fourth-order valence-electron chi connectivity index (χ4n) is 1.29. The maximum Gasteiger partial charge on any atom is 0.210 e. The van der Waals surface area contributed by atoms with Gasteiger partial charge in [0.05, 0.1) is 12.3 Å². The lowest BCUT2D eigenvalue weighted by Crippen LogP contribution is -2.41. The van der Waals surface area contributed by atoms with Crippen molar-refractivity contribution in [2.75, 3.05) is 6.26 Å². The molecular weight excluding hydrogens is 212 g/mol. The summed E-state index contributed by atoms with van der Waals surface area (Å²) in [6, 6.07) is 10.7. The summed E-state index contributed by atoms with van der Waals surface area (Å²) < 4.78 is 24.5. The summed E-state index contributed by atoms with van der Waals surface area (Å²) >= 11 is 0. The maximum atomic E-state index is 11.1. The van der Waals surface area contributed by atoms with Crippen molar-refractivity contribution in [2.24, 2.45) is 0 Å². The number of nitrogens with zero attached hydrogens (tertiary/aromatic N) is 1. The number of hydrogen-bond donors (Lipinski definition) is 1. The molecule has 0 bridgehead atoms. The standard InChI is InChI=1S/C10H12N2O2S/c1-10(8-11,12-15(2,13)14)9-6-4-3-5-7-9/h3-7,12H,1-2H3. The molecule has 0 heterocycles. The maximum absolute atomic E-state index is 11.1.